The summed E-state index contributed by atoms with van der Waals surface area (Å²) in [5, 5.41) is 5.67. The molecule has 2 heterocycles. The van der Waals surface area contributed by atoms with Crippen LogP contribution in [0, 0.1) is 5.92 Å². The van der Waals surface area contributed by atoms with Crippen molar-refractivity contribution in [3.05, 3.63) is 20.8 Å². The lowest BCUT2D eigenvalue weighted by Gasteiger charge is -2.24. The normalized spacial score (nSPS) is 27.8. The standard InChI is InChI=1S/C15H21BrN2OS.ClH/c1-18(8-10-6-14(16)20-9-10)15(19)13-7-11-4-2-3-5-12(11)17-13;/h6,9,11-13,17H,2-5,7-8H2,1H3;1H. The van der Waals surface area contributed by atoms with Crippen molar-refractivity contribution < 1.29 is 4.79 Å². The van der Waals surface area contributed by atoms with Gasteiger partial charge in [-0.25, -0.2) is 0 Å². The third kappa shape index (κ3) is 4.01. The van der Waals surface area contributed by atoms with Crippen molar-refractivity contribution in [1.29, 1.82) is 0 Å². The number of hydrogen-bond donors (Lipinski definition) is 1. The summed E-state index contributed by atoms with van der Waals surface area (Å²) in [7, 11) is 1.91. The Balaban J connectivity index is 0.00000161. The van der Waals surface area contributed by atoms with E-state index in [1.165, 1.54) is 31.2 Å². The van der Waals surface area contributed by atoms with Crippen LogP contribution in [0.25, 0.3) is 0 Å². The number of rotatable bonds is 3. The minimum atomic E-state index is 0. The third-order valence-electron chi connectivity index (χ3n) is 4.58. The average molecular weight is 394 g/mol. The molecule has 0 spiro atoms. The quantitative estimate of drug-likeness (QED) is 0.847. The molecule has 1 aliphatic carbocycles. The van der Waals surface area contributed by atoms with E-state index in [2.05, 4.69) is 32.7 Å². The number of nitrogens with zero attached hydrogens (tertiary/aromatic N) is 1. The van der Waals surface area contributed by atoms with E-state index in [0.717, 1.165) is 16.1 Å². The lowest BCUT2D eigenvalue weighted by molar-refractivity contribution is -0.132. The second-order valence-corrected chi connectivity index (χ2v) is 8.35. The first-order valence-corrected chi connectivity index (χ1v) is 9.04. The number of halogens is 2. The lowest BCUT2D eigenvalue weighted by Crippen LogP contribution is -2.43. The fourth-order valence-corrected chi connectivity index (χ4v) is 4.76. The van der Waals surface area contributed by atoms with E-state index in [4.69, 9.17) is 0 Å². The van der Waals surface area contributed by atoms with Crippen molar-refractivity contribution in [3.63, 3.8) is 0 Å². The Morgan fingerprint density at radius 2 is 2.24 bits per heavy atom. The van der Waals surface area contributed by atoms with Crippen LogP contribution in [0.2, 0.25) is 0 Å². The van der Waals surface area contributed by atoms with Crippen LogP contribution in [-0.2, 0) is 11.3 Å². The molecule has 3 atom stereocenters. The minimum absolute atomic E-state index is 0. The molecule has 1 aliphatic heterocycles. The number of amides is 1. The Bertz CT molecular complexity index is 482. The highest BCUT2D eigenvalue weighted by Crippen LogP contribution is 2.33. The van der Waals surface area contributed by atoms with E-state index in [0.29, 0.717) is 12.6 Å². The molecular formula is C15H22BrClN2OS. The molecule has 0 aromatic carbocycles. The fraction of sp³-hybridized carbons (Fsp3) is 0.667. The van der Waals surface area contributed by atoms with Gasteiger partial charge < -0.3 is 10.2 Å². The Morgan fingerprint density at radius 1 is 1.48 bits per heavy atom. The fourth-order valence-electron chi connectivity index (χ4n) is 3.56. The molecule has 0 radical (unpaired) electrons. The summed E-state index contributed by atoms with van der Waals surface area (Å²) in [6, 6.07) is 2.72. The van der Waals surface area contributed by atoms with Crippen molar-refractivity contribution in [2.45, 2.75) is 50.7 Å². The molecule has 0 bridgehead atoms. The Hall–Kier alpha value is -0.100. The highest BCUT2D eigenvalue weighted by atomic mass is 79.9. The highest BCUT2D eigenvalue weighted by Gasteiger charge is 2.39. The number of nitrogens with one attached hydrogen (secondary N) is 1. The zero-order valence-electron chi connectivity index (χ0n) is 12.2. The van der Waals surface area contributed by atoms with Crippen LogP contribution < -0.4 is 5.32 Å². The average Bonchev–Trinajstić information content (AvgIpc) is 3.03. The Labute approximate surface area is 145 Å². The van der Waals surface area contributed by atoms with Crippen molar-refractivity contribution in [1.82, 2.24) is 10.2 Å². The number of carbonyl (C=O) groups excluding carboxylic acids is 1. The summed E-state index contributed by atoms with van der Waals surface area (Å²) in [6.07, 6.45) is 6.22. The van der Waals surface area contributed by atoms with Gasteiger partial charge in [-0.05, 0) is 58.1 Å². The zero-order valence-corrected chi connectivity index (χ0v) is 15.4. The van der Waals surface area contributed by atoms with Gasteiger partial charge in [0.25, 0.3) is 0 Å². The Morgan fingerprint density at radius 3 is 2.90 bits per heavy atom. The minimum Gasteiger partial charge on any atom is -0.340 e. The van der Waals surface area contributed by atoms with Gasteiger partial charge in [-0.3, -0.25) is 4.79 Å². The summed E-state index contributed by atoms with van der Waals surface area (Å²) in [4.78, 5) is 14.4. The summed E-state index contributed by atoms with van der Waals surface area (Å²) >= 11 is 5.14. The molecule has 1 saturated carbocycles. The summed E-state index contributed by atoms with van der Waals surface area (Å²) in [5.41, 5.74) is 1.20. The van der Waals surface area contributed by atoms with E-state index in [9.17, 15) is 4.79 Å². The molecule has 1 N–H and O–H groups in total. The van der Waals surface area contributed by atoms with E-state index in [-0.39, 0.29) is 24.4 Å². The van der Waals surface area contributed by atoms with Crippen molar-refractivity contribution in [2.24, 2.45) is 5.92 Å². The van der Waals surface area contributed by atoms with E-state index >= 15 is 0 Å². The van der Waals surface area contributed by atoms with Gasteiger partial charge in [0.2, 0.25) is 5.91 Å². The summed E-state index contributed by atoms with van der Waals surface area (Å²) in [5.74, 6) is 0.975. The van der Waals surface area contributed by atoms with Crippen LogP contribution in [-0.4, -0.2) is 29.9 Å². The number of thiophene rings is 1. The van der Waals surface area contributed by atoms with E-state index in [1.54, 1.807) is 11.3 Å². The maximum atomic E-state index is 12.6. The number of likely N-dealkylation sites (N-methyl/N-ethyl adjacent to an activating group) is 1. The van der Waals surface area contributed by atoms with Crippen molar-refractivity contribution in [2.75, 3.05) is 7.05 Å². The molecule has 2 aliphatic rings. The molecule has 3 unspecified atom stereocenters. The maximum Gasteiger partial charge on any atom is 0.239 e. The van der Waals surface area contributed by atoms with Crippen LogP contribution in [0.3, 0.4) is 0 Å². The first kappa shape index (κ1) is 17.3. The SMILES string of the molecule is CN(Cc1csc(Br)c1)C(=O)C1CC2CCCCC2N1.Cl. The van der Waals surface area contributed by atoms with Crippen LogP contribution in [0.4, 0.5) is 0 Å². The zero-order chi connectivity index (χ0) is 14.1. The molecule has 3 rings (SSSR count). The summed E-state index contributed by atoms with van der Waals surface area (Å²) in [6.45, 7) is 0.703. The van der Waals surface area contributed by atoms with Gasteiger partial charge >= 0.3 is 0 Å². The topological polar surface area (TPSA) is 32.3 Å². The lowest BCUT2D eigenvalue weighted by atomic mass is 9.85. The molecule has 21 heavy (non-hydrogen) atoms. The van der Waals surface area contributed by atoms with Gasteiger partial charge in [-0.15, -0.1) is 23.7 Å². The Kier molecular flexibility index (Phi) is 6.12. The van der Waals surface area contributed by atoms with E-state index < -0.39 is 0 Å². The predicted octanol–water partition coefficient (Wildman–Crippen LogP) is 3.81. The first-order valence-electron chi connectivity index (χ1n) is 7.37. The monoisotopic (exact) mass is 392 g/mol. The summed E-state index contributed by atoms with van der Waals surface area (Å²) < 4.78 is 1.12. The van der Waals surface area contributed by atoms with Crippen molar-refractivity contribution >= 4 is 45.6 Å². The van der Waals surface area contributed by atoms with Crippen LogP contribution in [0.1, 0.15) is 37.7 Å². The first-order chi connectivity index (χ1) is 9.63. The maximum absolute atomic E-state index is 12.6. The molecule has 1 aromatic heterocycles. The number of carbonyl (C=O) groups is 1. The van der Waals surface area contributed by atoms with Gasteiger partial charge in [0, 0.05) is 19.6 Å². The largest absolute Gasteiger partial charge is 0.340 e. The molecule has 2 fully saturated rings. The molecule has 3 nitrogen and oxygen atoms in total. The molecule has 1 saturated heterocycles. The molecular weight excluding hydrogens is 372 g/mol. The van der Waals surface area contributed by atoms with Gasteiger partial charge in [-0.1, -0.05) is 12.8 Å². The number of fused-ring (bicyclic) bond motifs is 1. The van der Waals surface area contributed by atoms with Crippen LogP contribution >= 0.6 is 39.7 Å². The molecule has 1 amide bonds. The third-order valence-corrected chi connectivity index (χ3v) is 6.13. The second kappa shape index (κ2) is 7.44. The predicted molar refractivity (Wildman–Crippen MR) is 93.0 cm³/mol. The highest BCUT2D eigenvalue weighted by molar-refractivity contribution is 9.11. The second-order valence-electron chi connectivity index (χ2n) is 6.06. The van der Waals surface area contributed by atoms with Gasteiger partial charge in [0.15, 0.2) is 0 Å². The van der Waals surface area contributed by atoms with Crippen LogP contribution in [0.15, 0.2) is 15.2 Å². The smallest absolute Gasteiger partial charge is 0.239 e. The molecule has 6 heteroatoms. The van der Waals surface area contributed by atoms with Crippen molar-refractivity contribution in [3.8, 4) is 0 Å². The molecule has 118 valence electrons. The number of hydrogen-bond acceptors (Lipinski definition) is 3. The van der Waals surface area contributed by atoms with Gasteiger partial charge in [0.1, 0.15) is 0 Å². The van der Waals surface area contributed by atoms with Crippen LogP contribution in [0.5, 0.6) is 0 Å². The van der Waals surface area contributed by atoms with E-state index in [1.807, 2.05) is 11.9 Å². The van der Waals surface area contributed by atoms with Gasteiger partial charge in [0.05, 0.1) is 9.83 Å². The van der Waals surface area contributed by atoms with Gasteiger partial charge in [-0.2, -0.15) is 0 Å². The molecule has 1 aromatic rings.